The monoisotopic (exact) mass is 282 g/mol. The Labute approximate surface area is 123 Å². The van der Waals surface area contributed by atoms with E-state index in [0.29, 0.717) is 12.5 Å². The molecule has 0 saturated carbocycles. The highest BCUT2D eigenvalue weighted by molar-refractivity contribution is 5.79. The highest BCUT2D eigenvalue weighted by atomic mass is 16.5. The highest BCUT2D eigenvalue weighted by Gasteiger charge is 2.29. The summed E-state index contributed by atoms with van der Waals surface area (Å²) in [6.07, 6.45) is 8.37. The van der Waals surface area contributed by atoms with E-state index in [1.54, 1.807) is 4.90 Å². The molecule has 0 bridgehead atoms. The Kier molecular flexibility index (Phi) is 7.85. The number of unbranched alkanes of at least 4 members (excludes halogenated alkanes) is 1. The third kappa shape index (κ3) is 6.06. The van der Waals surface area contributed by atoms with Gasteiger partial charge in [0, 0.05) is 26.6 Å². The SMILES string of the molecule is CN(C)CCCCOCC1CC=CCC1C(=O)N(C)C. The van der Waals surface area contributed by atoms with Crippen molar-refractivity contribution in [3.8, 4) is 0 Å². The van der Waals surface area contributed by atoms with Crippen LogP contribution in [0.2, 0.25) is 0 Å². The molecule has 0 aromatic heterocycles. The molecule has 0 heterocycles. The van der Waals surface area contributed by atoms with E-state index < -0.39 is 0 Å². The summed E-state index contributed by atoms with van der Waals surface area (Å²) in [5.41, 5.74) is 0. The molecule has 2 unspecified atom stereocenters. The zero-order chi connectivity index (χ0) is 15.0. The van der Waals surface area contributed by atoms with Gasteiger partial charge in [-0.15, -0.1) is 0 Å². The van der Waals surface area contributed by atoms with E-state index in [0.717, 1.165) is 38.8 Å². The lowest BCUT2D eigenvalue weighted by Crippen LogP contribution is -2.36. The average molecular weight is 282 g/mol. The minimum absolute atomic E-state index is 0.0942. The number of amides is 1. The fourth-order valence-corrected chi connectivity index (χ4v) is 2.56. The predicted octanol–water partition coefficient (Wildman–Crippen LogP) is 2.02. The molecule has 0 aromatic carbocycles. The Bertz CT molecular complexity index is 314. The van der Waals surface area contributed by atoms with Crippen LogP contribution in [0.4, 0.5) is 0 Å². The number of allylic oxidation sites excluding steroid dienone is 2. The van der Waals surface area contributed by atoms with Crippen molar-refractivity contribution in [3.63, 3.8) is 0 Å². The fourth-order valence-electron chi connectivity index (χ4n) is 2.56. The van der Waals surface area contributed by atoms with Crippen LogP contribution in [0, 0.1) is 11.8 Å². The Balaban J connectivity index is 2.26. The minimum Gasteiger partial charge on any atom is -0.381 e. The Morgan fingerprint density at radius 2 is 1.85 bits per heavy atom. The number of carbonyl (C=O) groups excluding carboxylic acids is 1. The molecule has 20 heavy (non-hydrogen) atoms. The van der Waals surface area contributed by atoms with Crippen molar-refractivity contribution in [3.05, 3.63) is 12.2 Å². The maximum atomic E-state index is 12.1. The van der Waals surface area contributed by atoms with Crippen LogP contribution in [-0.4, -0.2) is 63.7 Å². The molecule has 1 aliphatic carbocycles. The summed E-state index contributed by atoms with van der Waals surface area (Å²) in [5.74, 6) is 0.663. The molecule has 1 rings (SSSR count). The maximum absolute atomic E-state index is 12.1. The van der Waals surface area contributed by atoms with E-state index in [1.807, 2.05) is 14.1 Å². The van der Waals surface area contributed by atoms with E-state index >= 15 is 0 Å². The molecule has 0 radical (unpaired) electrons. The van der Waals surface area contributed by atoms with Crippen molar-refractivity contribution in [2.45, 2.75) is 25.7 Å². The van der Waals surface area contributed by atoms with E-state index in [4.69, 9.17) is 4.74 Å². The third-order valence-electron chi connectivity index (χ3n) is 3.80. The third-order valence-corrected chi connectivity index (χ3v) is 3.80. The molecule has 0 spiro atoms. The quantitative estimate of drug-likeness (QED) is 0.504. The number of hydrogen-bond donors (Lipinski definition) is 0. The number of rotatable bonds is 8. The number of ether oxygens (including phenoxy) is 1. The number of carbonyl (C=O) groups is 1. The Morgan fingerprint density at radius 1 is 1.15 bits per heavy atom. The summed E-state index contributed by atoms with van der Waals surface area (Å²) in [4.78, 5) is 16.0. The summed E-state index contributed by atoms with van der Waals surface area (Å²) in [5, 5.41) is 0. The maximum Gasteiger partial charge on any atom is 0.225 e. The van der Waals surface area contributed by atoms with Gasteiger partial charge in [-0.3, -0.25) is 4.79 Å². The summed E-state index contributed by atoms with van der Waals surface area (Å²) in [7, 11) is 7.85. The second-order valence-electron chi connectivity index (χ2n) is 6.13. The molecule has 0 fully saturated rings. The van der Waals surface area contributed by atoms with Crippen LogP contribution in [0.15, 0.2) is 12.2 Å². The van der Waals surface area contributed by atoms with Crippen molar-refractivity contribution >= 4 is 5.91 Å². The molecule has 4 heteroatoms. The molecule has 1 aliphatic rings. The molecule has 0 N–H and O–H groups in total. The highest BCUT2D eigenvalue weighted by Crippen LogP contribution is 2.27. The smallest absolute Gasteiger partial charge is 0.225 e. The van der Waals surface area contributed by atoms with Crippen LogP contribution in [0.3, 0.4) is 0 Å². The van der Waals surface area contributed by atoms with Gasteiger partial charge in [0.1, 0.15) is 0 Å². The first-order valence-electron chi connectivity index (χ1n) is 7.61. The van der Waals surface area contributed by atoms with Crippen LogP contribution in [0.25, 0.3) is 0 Å². The van der Waals surface area contributed by atoms with Crippen LogP contribution < -0.4 is 0 Å². The topological polar surface area (TPSA) is 32.8 Å². The van der Waals surface area contributed by atoms with Crippen molar-refractivity contribution in [2.24, 2.45) is 11.8 Å². The number of hydrogen-bond acceptors (Lipinski definition) is 3. The van der Waals surface area contributed by atoms with Crippen LogP contribution in [0.1, 0.15) is 25.7 Å². The summed E-state index contributed by atoms with van der Waals surface area (Å²) < 4.78 is 5.79. The van der Waals surface area contributed by atoms with Crippen LogP contribution >= 0.6 is 0 Å². The Morgan fingerprint density at radius 3 is 2.50 bits per heavy atom. The predicted molar refractivity (Wildman–Crippen MR) is 82.7 cm³/mol. The first kappa shape index (κ1) is 17.2. The van der Waals surface area contributed by atoms with Crippen molar-refractivity contribution in [1.82, 2.24) is 9.80 Å². The van der Waals surface area contributed by atoms with Gasteiger partial charge in [0.2, 0.25) is 5.91 Å². The molecule has 1 amide bonds. The fraction of sp³-hybridized carbons (Fsp3) is 0.812. The summed E-state index contributed by atoms with van der Waals surface area (Å²) in [6, 6.07) is 0. The second kappa shape index (κ2) is 9.14. The number of nitrogens with zero attached hydrogens (tertiary/aromatic N) is 2. The largest absolute Gasteiger partial charge is 0.381 e. The second-order valence-corrected chi connectivity index (χ2v) is 6.13. The molecular formula is C16H30N2O2. The minimum atomic E-state index is 0.0942. The average Bonchev–Trinajstić information content (AvgIpc) is 2.42. The molecular weight excluding hydrogens is 252 g/mol. The summed E-state index contributed by atoms with van der Waals surface area (Å²) >= 11 is 0. The van der Waals surface area contributed by atoms with Crippen LogP contribution in [-0.2, 0) is 9.53 Å². The van der Waals surface area contributed by atoms with E-state index in [1.165, 1.54) is 0 Å². The molecule has 4 nitrogen and oxygen atoms in total. The van der Waals surface area contributed by atoms with Gasteiger partial charge in [0.25, 0.3) is 0 Å². The van der Waals surface area contributed by atoms with Gasteiger partial charge in [-0.1, -0.05) is 12.2 Å². The first-order valence-corrected chi connectivity index (χ1v) is 7.61. The van der Waals surface area contributed by atoms with Gasteiger partial charge in [0.05, 0.1) is 6.61 Å². The van der Waals surface area contributed by atoms with E-state index in [2.05, 4.69) is 31.1 Å². The van der Waals surface area contributed by atoms with Crippen LogP contribution in [0.5, 0.6) is 0 Å². The van der Waals surface area contributed by atoms with Gasteiger partial charge in [-0.25, -0.2) is 0 Å². The van der Waals surface area contributed by atoms with Crippen molar-refractivity contribution in [1.29, 1.82) is 0 Å². The first-order chi connectivity index (χ1) is 9.52. The van der Waals surface area contributed by atoms with Crippen molar-refractivity contribution in [2.75, 3.05) is 47.9 Å². The molecule has 2 atom stereocenters. The standard InChI is InChI=1S/C16H30N2O2/c1-17(2)11-7-8-12-20-13-14-9-5-6-10-15(14)16(19)18(3)4/h5-6,14-15H,7-13H2,1-4H3. The molecule has 0 aliphatic heterocycles. The molecule has 0 aromatic rings. The normalized spacial score (nSPS) is 22.2. The zero-order valence-corrected chi connectivity index (χ0v) is 13.5. The van der Waals surface area contributed by atoms with Gasteiger partial charge >= 0.3 is 0 Å². The van der Waals surface area contributed by atoms with E-state index in [-0.39, 0.29) is 11.8 Å². The van der Waals surface area contributed by atoms with Gasteiger partial charge in [-0.2, -0.15) is 0 Å². The lowest BCUT2D eigenvalue weighted by molar-refractivity contribution is -0.135. The van der Waals surface area contributed by atoms with Gasteiger partial charge in [-0.05, 0) is 52.2 Å². The lowest BCUT2D eigenvalue weighted by atomic mass is 9.82. The van der Waals surface area contributed by atoms with Gasteiger partial charge in [0.15, 0.2) is 0 Å². The molecule has 0 saturated heterocycles. The summed E-state index contributed by atoms with van der Waals surface area (Å²) in [6.45, 7) is 2.62. The lowest BCUT2D eigenvalue weighted by Gasteiger charge is -2.29. The zero-order valence-electron chi connectivity index (χ0n) is 13.5. The van der Waals surface area contributed by atoms with Gasteiger partial charge < -0.3 is 14.5 Å². The van der Waals surface area contributed by atoms with Crippen molar-refractivity contribution < 1.29 is 9.53 Å². The molecule has 116 valence electrons. The Hall–Kier alpha value is -0.870. The van der Waals surface area contributed by atoms with E-state index in [9.17, 15) is 4.79 Å².